The minimum Gasteiger partial charge on any atom is -0.356 e. The molecule has 1 fully saturated rings. The molecule has 0 spiro atoms. The number of amides is 1. The maximum Gasteiger partial charge on any atom is 0.227 e. The summed E-state index contributed by atoms with van der Waals surface area (Å²) in [6.45, 7) is 12.0. The molecule has 1 saturated heterocycles. The summed E-state index contributed by atoms with van der Waals surface area (Å²) in [5.41, 5.74) is 0.818. The highest BCUT2D eigenvalue weighted by Crippen LogP contribution is 2.19. The lowest BCUT2D eigenvalue weighted by Gasteiger charge is -2.35. The van der Waals surface area contributed by atoms with Gasteiger partial charge in [0.1, 0.15) is 0 Å². The zero-order chi connectivity index (χ0) is 23.3. The third kappa shape index (κ3) is 5.38. The molecule has 0 saturated carbocycles. The molecule has 1 aromatic carbocycles. The van der Waals surface area contributed by atoms with Gasteiger partial charge in [-0.05, 0) is 57.5 Å². The second-order valence-electron chi connectivity index (χ2n) is 8.20. The van der Waals surface area contributed by atoms with Gasteiger partial charge in [0.05, 0.1) is 16.6 Å². The quantitative estimate of drug-likeness (QED) is 0.599. The Kier molecular flexibility index (Phi) is 7.71. The summed E-state index contributed by atoms with van der Waals surface area (Å²) in [5, 5.41) is 8.26. The molecule has 9 heteroatoms. The third-order valence-electron chi connectivity index (χ3n) is 5.91. The van der Waals surface area contributed by atoms with Gasteiger partial charge in [0.25, 0.3) is 0 Å². The zero-order valence-corrected chi connectivity index (χ0v) is 20.2. The number of rotatable bonds is 8. The molecule has 0 radical (unpaired) electrons. The highest BCUT2D eigenvalue weighted by molar-refractivity contribution is 7.92. The summed E-state index contributed by atoms with van der Waals surface area (Å²) in [5.74, 6) is 1.75. The maximum absolute atomic E-state index is 12.7. The van der Waals surface area contributed by atoms with E-state index in [1.807, 2.05) is 17.0 Å². The van der Waals surface area contributed by atoms with E-state index in [0.717, 1.165) is 30.3 Å². The molecule has 174 valence electrons. The Hall–Kier alpha value is -2.68. The largest absolute Gasteiger partial charge is 0.356 e. The number of anilines is 2. The van der Waals surface area contributed by atoms with E-state index < -0.39 is 15.1 Å². The molecule has 0 N–H and O–H groups in total. The topological polar surface area (TPSA) is 86.7 Å². The van der Waals surface area contributed by atoms with Gasteiger partial charge in [-0.1, -0.05) is 12.1 Å². The summed E-state index contributed by atoms with van der Waals surface area (Å²) in [6.07, 6.45) is 0.264. The number of carbonyl (C=O) groups is 1. The molecule has 32 heavy (non-hydrogen) atoms. The van der Waals surface area contributed by atoms with Crippen molar-refractivity contribution < 1.29 is 13.2 Å². The Bertz CT molecular complexity index is 995. The molecule has 0 bridgehead atoms. The highest BCUT2D eigenvalue weighted by atomic mass is 32.2. The first kappa shape index (κ1) is 24.0. The molecular formula is C23H33N5O3S. The summed E-state index contributed by atoms with van der Waals surface area (Å²) < 4.78 is 24.5. The van der Waals surface area contributed by atoms with Crippen LogP contribution in [-0.2, 0) is 21.1 Å². The molecule has 2 heterocycles. The Labute approximate surface area is 191 Å². The Morgan fingerprint density at radius 2 is 1.59 bits per heavy atom. The van der Waals surface area contributed by atoms with Crippen LogP contribution in [-0.4, -0.2) is 73.9 Å². The van der Waals surface area contributed by atoms with E-state index in [2.05, 4.69) is 33.8 Å². The molecule has 1 aromatic heterocycles. The standard InChI is InChI=1S/C23H33N5O3S/c1-5-26(6-2)21-11-12-22(25-24-21)27-13-15-28(16-14-27)23(29)17-19-7-9-20(10-8-19)32(30,31)18(3)4/h7-12,18H,5-6,13-17H2,1-4H3. The van der Waals surface area contributed by atoms with E-state index in [-0.39, 0.29) is 12.3 Å². The number of aromatic nitrogens is 2. The second kappa shape index (κ2) is 10.3. The fourth-order valence-corrected chi connectivity index (χ4v) is 4.80. The average molecular weight is 460 g/mol. The van der Waals surface area contributed by atoms with Crippen LogP contribution >= 0.6 is 0 Å². The predicted octanol–water partition coefficient (Wildman–Crippen LogP) is 2.40. The number of nitrogens with zero attached hydrogens (tertiary/aromatic N) is 5. The van der Waals surface area contributed by atoms with Crippen molar-refractivity contribution in [2.24, 2.45) is 0 Å². The maximum atomic E-state index is 12.7. The van der Waals surface area contributed by atoms with Crippen LogP contribution in [0.2, 0.25) is 0 Å². The van der Waals surface area contributed by atoms with Gasteiger partial charge < -0.3 is 14.7 Å². The monoisotopic (exact) mass is 459 g/mol. The molecule has 0 unspecified atom stereocenters. The van der Waals surface area contributed by atoms with Crippen LogP contribution in [0.3, 0.4) is 0 Å². The molecule has 3 rings (SSSR count). The summed E-state index contributed by atoms with van der Waals surface area (Å²) in [4.78, 5) is 19.2. The molecule has 0 atom stereocenters. The van der Waals surface area contributed by atoms with Crippen LogP contribution < -0.4 is 9.80 Å². The average Bonchev–Trinajstić information content (AvgIpc) is 2.80. The van der Waals surface area contributed by atoms with Gasteiger partial charge in [-0.2, -0.15) is 0 Å². The van der Waals surface area contributed by atoms with Crippen LogP contribution in [0.4, 0.5) is 11.6 Å². The fourth-order valence-electron chi connectivity index (χ4n) is 3.74. The first-order chi connectivity index (χ1) is 15.3. The van der Waals surface area contributed by atoms with Crippen molar-refractivity contribution in [2.45, 2.75) is 44.3 Å². The van der Waals surface area contributed by atoms with Crippen LogP contribution in [0.15, 0.2) is 41.3 Å². The second-order valence-corrected chi connectivity index (χ2v) is 10.7. The number of hydrogen-bond donors (Lipinski definition) is 0. The van der Waals surface area contributed by atoms with Crippen molar-refractivity contribution in [3.8, 4) is 0 Å². The smallest absolute Gasteiger partial charge is 0.227 e. The van der Waals surface area contributed by atoms with Crippen LogP contribution in [0.1, 0.15) is 33.3 Å². The Morgan fingerprint density at radius 3 is 2.09 bits per heavy atom. The number of benzene rings is 1. The number of carbonyl (C=O) groups excluding carboxylic acids is 1. The van der Waals surface area contributed by atoms with E-state index in [1.54, 1.807) is 38.1 Å². The van der Waals surface area contributed by atoms with Crippen molar-refractivity contribution >= 4 is 27.4 Å². The summed E-state index contributed by atoms with van der Waals surface area (Å²) in [6, 6.07) is 10.6. The molecule has 1 aliphatic heterocycles. The summed E-state index contributed by atoms with van der Waals surface area (Å²) in [7, 11) is -3.30. The van der Waals surface area contributed by atoms with Gasteiger partial charge >= 0.3 is 0 Å². The van der Waals surface area contributed by atoms with Gasteiger partial charge in [-0.3, -0.25) is 4.79 Å². The zero-order valence-electron chi connectivity index (χ0n) is 19.4. The Morgan fingerprint density at radius 1 is 0.969 bits per heavy atom. The van der Waals surface area contributed by atoms with Crippen molar-refractivity contribution in [3.63, 3.8) is 0 Å². The van der Waals surface area contributed by atoms with E-state index in [1.165, 1.54) is 0 Å². The van der Waals surface area contributed by atoms with Crippen molar-refractivity contribution in [2.75, 3.05) is 49.1 Å². The molecule has 1 amide bonds. The number of piperazine rings is 1. The minimum absolute atomic E-state index is 0.0482. The van der Waals surface area contributed by atoms with Gasteiger partial charge in [-0.25, -0.2) is 8.42 Å². The minimum atomic E-state index is -3.30. The van der Waals surface area contributed by atoms with Gasteiger partial charge in [0.15, 0.2) is 21.5 Å². The van der Waals surface area contributed by atoms with Gasteiger partial charge in [-0.15, -0.1) is 10.2 Å². The molecular weight excluding hydrogens is 426 g/mol. The van der Waals surface area contributed by atoms with Crippen molar-refractivity contribution in [1.29, 1.82) is 0 Å². The Balaban J connectivity index is 1.54. The van der Waals surface area contributed by atoms with E-state index >= 15 is 0 Å². The molecule has 1 aliphatic rings. The van der Waals surface area contributed by atoms with E-state index in [4.69, 9.17) is 0 Å². The first-order valence-electron chi connectivity index (χ1n) is 11.2. The predicted molar refractivity (Wildman–Crippen MR) is 127 cm³/mol. The molecule has 2 aromatic rings. The van der Waals surface area contributed by atoms with Gasteiger partial charge in [0.2, 0.25) is 5.91 Å². The highest BCUT2D eigenvalue weighted by Gasteiger charge is 2.23. The third-order valence-corrected chi connectivity index (χ3v) is 8.08. The van der Waals surface area contributed by atoms with E-state index in [0.29, 0.717) is 31.1 Å². The normalized spacial score (nSPS) is 14.7. The van der Waals surface area contributed by atoms with Crippen LogP contribution in [0, 0.1) is 0 Å². The van der Waals surface area contributed by atoms with Crippen molar-refractivity contribution in [1.82, 2.24) is 15.1 Å². The first-order valence-corrected chi connectivity index (χ1v) is 12.7. The lowest BCUT2D eigenvalue weighted by molar-refractivity contribution is -0.130. The van der Waals surface area contributed by atoms with E-state index in [9.17, 15) is 13.2 Å². The lowest BCUT2D eigenvalue weighted by atomic mass is 10.1. The van der Waals surface area contributed by atoms with Crippen LogP contribution in [0.25, 0.3) is 0 Å². The SMILES string of the molecule is CCN(CC)c1ccc(N2CCN(C(=O)Cc3ccc(S(=O)(=O)C(C)C)cc3)CC2)nn1. The number of hydrogen-bond acceptors (Lipinski definition) is 7. The number of sulfone groups is 1. The summed E-state index contributed by atoms with van der Waals surface area (Å²) >= 11 is 0. The van der Waals surface area contributed by atoms with Crippen LogP contribution in [0.5, 0.6) is 0 Å². The lowest BCUT2D eigenvalue weighted by Crippen LogP contribution is -2.49. The molecule has 8 nitrogen and oxygen atoms in total. The van der Waals surface area contributed by atoms with Gasteiger partial charge in [0, 0.05) is 39.3 Å². The molecule has 0 aliphatic carbocycles. The van der Waals surface area contributed by atoms with Crippen molar-refractivity contribution in [3.05, 3.63) is 42.0 Å². The fraction of sp³-hybridized carbons (Fsp3) is 0.522.